The standard InChI is InChI=1S/C23H27N3O2S/c1-16-8-9-18(12-17(16)2)19-14-29-22-21(19)23(28)26(15-24-22)13-20(27)25-10-6-4-3-5-7-11-25/h8-9,12,14-15H,3-7,10-11,13H2,1-2H3. The molecule has 0 bridgehead atoms. The van der Waals surface area contributed by atoms with Crippen molar-refractivity contribution in [1.29, 1.82) is 0 Å². The largest absolute Gasteiger partial charge is 0.341 e. The van der Waals surface area contributed by atoms with Gasteiger partial charge in [0.05, 0.1) is 11.7 Å². The van der Waals surface area contributed by atoms with Gasteiger partial charge in [-0.1, -0.05) is 37.5 Å². The van der Waals surface area contributed by atoms with E-state index >= 15 is 0 Å². The number of likely N-dealkylation sites (tertiary alicyclic amines) is 1. The molecule has 1 saturated heterocycles. The number of hydrogen-bond donors (Lipinski definition) is 0. The lowest BCUT2D eigenvalue weighted by atomic mass is 10.0. The predicted octanol–water partition coefficient (Wildman–Crippen LogP) is 4.53. The number of hydrogen-bond acceptors (Lipinski definition) is 4. The van der Waals surface area contributed by atoms with Crippen molar-refractivity contribution in [1.82, 2.24) is 14.5 Å². The van der Waals surface area contributed by atoms with Gasteiger partial charge in [-0.05, 0) is 43.4 Å². The number of rotatable bonds is 3. The Labute approximate surface area is 175 Å². The SMILES string of the molecule is Cc1ccc(-c2csc3ncn(CC(=O)N4CCCCCCC4)c(=O)c23)cc1C. The number of carbonyl (C=O) groups excluding carboxylic acids is 1. The second kappa shape index (κ2) is 8.49. The molecule has 0 radical (unpaired) electrons. The molecule has 1 aliphatic rings. The van der Waals surface area contributed by atoms with E-state index in [2.05, 4.69) is 31.0 Å². The van der Waals surface area contributed by atoms with Crippen LogP contribution in [0.4, 0.5) is 0 Å². The number of carbonyl (C=O) groups is 1. The zero-order chi connectivity index (χ0) is 20.4. The summed E-state index contributed by atoms with van der Waals surface area (Å²) in [4.78, 5) is 33.2. The van der Waals surface area contributed by atoms with Crippen LogP contribution >= 0.6 is 11.3 Å². The minimum Gasteiger partial charge on any atom is -0.341 e. The topological polar surface area (TPSA) is 55.2 Å². The number of fused-ring (bicyclic) bond motifs is 1. The van der Waals surface area contributed by atoms with Crippen LogP contribution in [0.1, 0.15) is 43.2 Å². The second-order valence-electron chi connectivity index (χ2n) is 7.95. The molecule has 2 aromatic heterocycles. The first-order valence-corrected chi connectivity index (χ1v) is 11.2. The van der Waals surface area contributed by atoms with Crippen LogP contribution in [0, 0.1) is 13.8 Å². The van der Waals surface area contributed by atoms with Gasteiger partial charge in [0.15, 0.2) is 0 Å². The van der Waals surface area contributed by atoms with Gasteiger partial charge in [-0.25, -0.2) is 4.98 Å². The first-order valence-electron chi connectivity index (χ1n) is 10.4. The van der Waals surface area contributed by atoms with E-state index in [9.17, 15) is 9.59 Å². The third kappa shape index (κ3) is 4.13. The summed E-state index contributed by atoms with van der Waals surface area (Å²) in [6.07, 6.45) is 7.20. The zero-order valence-corrected chi connectivity index (χ0v) is 17.9. The summed E-state index contributed by atoms with van der Waals surface area (Å²) < 4.78 is 1.47. The maximum Gasteiger partial charge on any atom is 0.263 e. The molecule has 0 atom stereocenters. The lowest BCUT2D eigenvalue weighted by molar-refractivity contribution is -0.132. The van der Waals surface area contributed by atoms with Crippen LogP contribution in [-0.2, 0) is 11.3 Å². The summed E-state index contributed by atoms with van der Waals surface area (Å²) in [5.41, 5.74) is 4.20. The zero-order valence-electron chi connectivity index (χ0n) is 17.1. The van der Waals surface area contributed by atoms with E-state index in [4.69, 9.17) is 0 Å². The third-order valence-electron chi connectivity index (χ3n) is 5.89. The highest BCUT2D eigenvalue weighted by Crippen LogP contribution is 2.31. The molecule has 0 N–H and O–H groups in total. The molecule has 3 aromatic rings. The highest BCUT2D eigenvalue weighted by Gasteiger charge is 2.18. The van der Waals surface area contributed by atoms with Crippen molar-refractivity contribution >= 4 is 27.5 Å². The van der Waals surface area contributed by atoms with Crippen molar-refractivity contribution in [3.63, 3.8) is 0 Å². The van der Waals surface area contributed by atoms with Gasteiger partial charge in [-0.15, -0.1) is 11.3 Å². The summed E-state index contributed by atoms with van der Waals surface area (Å²) >= 11 is 1.47. The normalized spacial score (nSPS) is 15.3. The van der Waals surface area contributed by atoms with Gasteiger partial charge in [0.25, 0.3) is 5.56 Å². The van der Waals surface area contributed by atoms with Crippen LogP contribution in [0.3, 0.4) is 0 Å². The lowest BCUT2D eigenvalue weighted by Crippen LogP contribution is -2.38. The molecular weight excluding hydrogens is 382 g/mol. The van der Waals surface area contributed by atoms with Crippen LogP contribution < -0.4 is 5.56 Å². The number of aryl methyl sites for hydroxylation is 2. The molecule has 1 fully saturated rings. The molecular formula is C23H27N3O2S. The third-order valence-corrected chi connectivity index (χ3v) is 6.78. The predicted molar refractivity (Wildman–Crippen MR) is 118 cm³/mol. The average molecular weight is 410 g/mol. The van der Waals surface area contributed by atoms with E-state index in [1.807, 2.05) is 16.3 Å². The number of benzene rings is 1. The van der Waals surface area contributed by atoms with E-state index in [1.54, 1.807) is 0 Å². The molecule has 29 heavy (non-hydrogen) atoms. The second-order valence-corrected chi connectivity index (χ2v) is 8.81. The van der Waals surface area contributed by atoms with Crippen LogP contribution in [0.2, 0.25) is 0 Å². The molecule has 4 rings (SSSR count). The fourth-order valence-corrected chi connectivity index (χ4v) is 4.85. The lowest BCUT2D eigenvalue weighted by Gasteiger charge is -2.25. The highest BCUT2D eigenvalue weighted by atomic mass is 32.1. The fraction of sp³-hybridized carbons (Fsp3) is 0.435. The molecule has 0 saturated carbocycles. The van der Waals surface area contributed by atoms with Crippen LogP contribution in [-0.4, -0.2) is 33.4 Å². The summed E-state index contributed by atoms with van der Waals surface area (Å²) in [7, 11) is 0. The van der Waals surface area contributed by atoms with Crippen molar-refractivity contribution in [2.75, 3.05) is 13.1 Å². The number of aromatic nitrogens is 2. The van der Waals surface area contributed by atoms with E-state index in [1.165, 1.54) is 52.6 Å². The van der Waals surface area contributed by atoms with E-state index in [0.717, 1.165) is 41.9 Å². The van der Waals surface area contributed by atoms with Crippen molar-refractivity contribution < 1.29 is 4.79 Å². The molecule has 0 spiro atoms. The molecule has 152 valence electrons. The molecule has 5 nitrogen and oxygen atoms in total. The number of nitrogens with zero attached hydrogens (tertiary/aromatic N) is 3. The van der Waals surface area contributed by atoms with Crippen molar-refractivity contribution in [2.24, 2.45) is 0 Å². The average Bonchev–Trinajstić information content (AvgIpc) is 3.11. The Balaban J connectivity index is 1.66. The first kappa shape index (κ1) is 19.8. The summed E-state index contributed by atoms with van der Waals surface area (Å²) in [6, 6.07) is 6.24. The van der Waals surface area contributed by atoms with Gasteiger partial charge in [-0.3, -0.25) is 14.2 Å². The monoisotopic (exact) mass is 409 g/mol. The Kier molecular flexibility index (Phi) is 5.81. The Bertz CT molecular complexity index is 1090. The van der Waals surface area contributed by atoms with E-state index in [0.29, 0.717) is 5.39 Å². The van der Waals surface area contributed by atoms with Crippen LogP contribution in [0.15, 0.2) is 34.7 Å². The molecule has 6 heteroatoms. The summed E-state index contributed by atoms with van der Waals surface area (Å²) in [5, 5.41) is 2.61. The van der Waals surface area contributed by atoms with Gasteiger partial charge in [-0.2, -0.15) is 0 Å². The molecule has 1 aliphatic heterocycles. The van der Waals surface area contributed by atoms with Crippen molar-refractivity contribution in [3.05, 3.63) is 51.4 Å². The maximum atomic E-state index is 13.2. The first-order chi connectivity index (χ1) is 14.0. The van der Waals surface area contributed by atoms with Gasteiger partial charge in [0.2, 0.25) is 5.91 Å². The van der Waals surface area contributed by atoms with Crippen molar-refractivity contribution in [2.45, 2.75) is 52.5 Å². The van der Waals surface area contributed by atoms with Gasteiger partial charge in [0.1, 0.15) is 11.4 Å². The number of thiophene rings is 1. The molecule has 0 aliphatic carbocycles. The Hall–Kier alpha value is -2.47. The van der Waals surface area contributed by atoms with Gasteiger partial charge >= 0.3 is 0 Å². The maximum absolute atomic E-state index is 13.2. The fourth-order valence-electron chi connectivity index (χ4n) is 3.94. The van der Waals surface area contributed by atoms with Crippen LogP contribution in [0.25, 0.3) is 21.3 Å². The van der Waals surface area contributed by atoms with Crippen LogP contribution in [0.5, 0.6) is 0 Å². The Morgan fingerprint density at radius 3 is 2.52 bits per heavy atom. The smallest absolute Gasteiger partial charge is 0.263 e. The minimum atomic E-state index is -0.134. The Morgan fingerprint density at radius 2 is 1.79 bits per heavy atom. The minimum absolute atomic E-state index is 0.0121. The highest BCUT2D eigenvalue weighted by molar-refractivity contribution is 7.17. The quantitative estimate of drug-likeness (QED) is 0.638. The number of amides is 1. The van der Waals surface area contributed by atoms with Crippen molar-refractivity contribution in [3.8, 4) is 11.1 Å². The van der Waals surface area contributed by atoms with Gasteiger partial charge in [0, 0.05) is 24.0 Å². The molecule has 3 heterocycles. The Morgan fingerprint density at radius 1 is 1.07 bits per heavy atom. The van der Waals surface area contributed by atoms with Gasteiger partial charge < -0.3 is 4.90 Å². The molecule has 0 unspecified atom stereocenters. The molecule has 1 amide bonds. The summed E-state index contributed by atoms with van der Waals surface area (Å²) in [5.74, 6) is 0.0121. The summed E-state index contributed by atoms with van der Waals surface area (Å²) in [6.45, 7) is 5.79. The van der Waals surface area contributed by atoms with E-state index in [-0.39, 0.29) is 18.0 Å². The van der Waals surface area contributed by atoms with E-state index < -0.39 is 0 Å². The molecule has 1 aromatic carbocycles.